The molecule has 1 spiro atoms. The Labute approximate surface area is 121 Å². The summed E-state index contributed by atoms with van der Waals surface area (Å²) in [4.78, 5) is 16.2. The summed E-state index contributed by atoms with van der Waals surface area (Å²) < 4.78 is 12.2. The molecule has 2 atom stereocenters. The standard InChI is InChI=1S/C15H26O2.CO2/c1-13(2)7-5-8-14(3)12(13)6-4-9-15(14)16-10-11-17-15;2-1-3/h12H,4-11H2,1-3H3;/t12-,14+;/m0./s1. The maximum atomic E-state index is 8.12. The fourth-order valence-electron chi connectivity index (χ4n) is 5.04. The van der Waals surface area contributed by atoms with Crippen LogP contribution in [0.15, 0.2) is 0 Å². The molecule has 0 amide bonds. The highest BCUT2D eigenvalue weighted by Crippen LogP contribution is 2.63. The summed E-state index contributed by atoms with van der Waals surface area (Å²) >= 11 is 0. The molecule has 20 heavy (non-hydrogen) atoms. The Kier molecular flexibility index (Phi) is 4.38. The largest absolute Gasteiger partial charge is 0.373 e. The van der Waals surface area contributed by atoms with Crippen molar-refractivity contribution in [3.05, 3.63) is 0 Å². The molecular formula is C16H26O4. The second-order valence-electron chi connectivity index (χ2n) is 7.24. The Balaban J connectivity index is 0.000000452. The van der Waals surface area contributed by atoms with Gasteiger partial charge < -0.3 is 9.47 Å². The van der Waals surface area contributed by atoms with E-state index < -0.39 is 0 Å². The molecule has 2 aliphatic carbocycles. The van der Waals surface area contributed by atoms with E-state index in [2.05, 4.69) is 20.8 Å². The van der Waals surface area contributed by atoms with Crippen molar-refractivity contribution in [1.29, 1.82) is 0 Å². The molecule has 0 radical (unpaired) electrons. The van der Waals surface area contributed by atoms with Gasteiger partial charge >= 0.3 is 6.15 Å². The van der Waals surface area contributed by atoms with Crippen LogP contribution in [-0.2, 0) is 19.1 Å². The minimum absolute atomic E-state index is 0.240. The van der Waals surface area contributed by atoms with Crippen molar-refractivity contribution in [2.24, 2.45) is 16.7 Å². The Bertz CT molecular complexity index is 378. The van der Waals surface area contributed by atoms with Gasteiger partial charge in [-0.2, -0.15) is 9.59 Å². The molecule has 0 bridgehead atoms. The fourth-order valence-corrected chi connectivity index (χ4v) is 5.04. The SMILES string of the molecule is CC1(C)CCC[C@]2(C)[C@H]1CCCC21OCCO1.O=C=O. The smallest absolute Gasteiger partial charge is 0.347 e. The third-order valence-corrected chi connectivity index (χ3v) is 5.85. The zero-order valence-electron chi connectivity index (χ0n) is 12.9. The van der Waals surface area contributed by atoms with Gasteiger partial charge in [0.1, 0.15) is 0 Å². The first-order valence-electron chi connectivity index (χ1n) is 7.69. The lowest BCUT2D eigenvalue weighted by atomic mass is 9.49. The molecule has 4 nitrogen and oxygen atoms in total. The summed E-state index contributed by atoms with van der Waals surface area (Å²) in [6.45, 7) is 8.92. The lowest BCUT2D eigenvalue weighted by Crippen LogP contribution is -2.59. The lowest BCUT2D eigenvalue weighted by molar-refractivity contribution is -0.290. The van der Waals surface area contributed by atoms with Crippen LogP contribution in [0.5, 0.6) is 0 Å². The van der Waals surface area contributed by atoms with Gasteiger partial charge in [-0.25, -0.2) is 0 Å². The minimum Gasteiger partial charge on any atom is -0.347 e. The Morgan fingerprint density at radius 3 is 2.15 bits per heavy atom. The third kappa shape index (κ3) is 2.34. The van der Waals surface area contributed by atoms with Gasteiger partial charge in [0, 0.05) is 11.8 Å². The first kappa shape index (κ1) is 15.7. The zero-order valence-corrected chi connectivity index (χ0v) is 12.9. The maximum absolute atomic E-state index is 8.12. The predicted molar refractivity (Wildman–Crippen MR) is 72.7 cm³/mol. The van der Waals surface area contributed by atoms with Gasteiger partial charge in [0.2, 0.25) is 0 Å². The van der Waals surface area contributed by atoms with Crippen LogP contribution in [-0.4, -0.2) is 25.2 Å². The lowest BCUT2D eigenvalue weighted by Gasteiger charge is -2.60. The molecule has 1 aliphatic heterocycles. The summed E-state index contributed by atoms with van der Waals surface area (Å²) in [5, 5.41) is 0. The number of carbonyl (C=O) groups excluding carboxylic acids is 2. The molecule has 114 valence electrons. The zero-order chi connectivity index (χ0) is 14.9. The normalized spacial score (nSPS) is 37.5. The average Bonchev–Trinajstić information content (AvgIpc) is 2.83. The average molecular weight is 282 g/mol. The van der Waals surface area contributed by atoms with Crippen molar-refractivity contribution < 1.29 is 19.1 Å². The van der Waals surface area contributed by atoms with E-state index in [1.54, 1.807) is 0 Å². The number of fused-ring (bicyclic) bond motifs is 2. The fraction of sp³-hybridized carbons (Fsp3) is 0.938. The summed E-state index contributed by atoms with van der Waals surface area (Å²) in [7, 11) is 0. The molecular weight excluding hydrogens is 256 g/mol. The molecule has 2 saturated carbocycles. The molecule has 3 aliphatic rings. The Morgan fingerprint density at radius 2 is 1.55 bits per heavy atom. The van der Waals surface area contributed by atoms with Crippen LogP contribution < -0.4 is 0 Å². The van der Waals surface area contributed by atoms with Crippen molar-refractivity contribution >= 4 is 6.15 Å². The van der Waals surface area contributed by atoms with Crippen LogP contribution in [0.25, 0.3) is 0 Å². The predicted octanol–water partition coefficient (Wildman–Crippen LogP) is 3.16. The van der Waals surface area contributed by atoms with E-state index in [0.717, 1.165) is 25.6 Å². The van der Waals surface area contributed by atoms with E-state index in [1.807, 2.05) is 0 Å². The van der Waals surface area contributed by atoms with E-state index in [1.165, 1.54) is 32.1 Å². The summed E-state index contributed by atoms with van der Waals surface area (Å²) in [5.41, 5.74) is 0.694. The van der Waals surface area contributed by atoms with Crippen molar-refractivity contribution in [1.82, 2.24) is 0 Å². The third-order valence-electron chi connectivity index (χ3n) is 5.85. The van der Waals surface area contributed by atoms with Crippen molar-refractivity contribution in [3.8, 4) is 0 Å². The van der Waals surface area contributed by atoms with Crippen LogP contribution >= 0.6 is 0 Å². The summed E-state index contributed by atoms with van der Waals surface area (Å²) in [6, 6.07) is 0. The monoisotopic (exact) mass is 282 g/mol. The van der Waals surface area contributed by atoms with Crippen molar-refractivity contribution in [2.75, 3.05) is 13.2 Å². The van der Waals surface area contributed by atoms with E-state index in [-0.39, 0.29) is 17.4 Å². The van der Waals surface area contributed by atoms with Crippen LogP contribution in [0.3, 0.4) is 0 Å². The van der Waals surface area contributed by atoms with E-state index in [0.29, 0.717) is 5.41 Å². The molecule has 3 fully saturated rings. The molecule has 0 N–H and O–H groups in total. The molecule has 0 aromatic rings. The summed E-state index contributed by atoms with van der Waals surface area (Å²) in [5.74, 6) is 0.517. The maximum Gasteiger partial charge on any atom is 0.373 e. The van der Waals surface area contributed by atoms with Crippen LogP contribution in [0, 0.1) is 16.7 Å². The van der Waals surface area contributed by atoms with E-state index in [9.17, 15) is 0 Å². The van der Waals surface area contributed by atoms with Gasteiger partial charge in [-0.3, -0.25) is 0 Å². The second kappa shape index (κ2) is 5.59. The number of rotatable bonds is 0. The van der Waals surface area contributed by atoms with Crippen molar-refractivity contribution in [3.63, 3.8) is 0 Å². The van der Waals surface area contributed by atoms with E-state index >= 15 is 0 Å². The molecule has 0 unspecified atom stereocenters. The van der Waals surface area contributed by atoms with E-state index in [4.69, 9.17) is 19.1 Å². The van der Waals surface area contributed by atoms with Crippen LogP contribution in [0.4, 0.5) is 0 Å². The highest BCUT2D eigenvalue weighted by Gasteiger charge is 2.62. The number of ether oxygens (including phenoxy) is 2. The van der Waals surface area contributed by atoms with Gasteiger partial charge in [0.05, 0.1) is 13.2 Å². The van der Waals surface area contributed by atoms with Crippen LogP contribution in [0.2, 0.25) is 0 Å². The number of hydrogen-bond donors (Lipinski definition) is 0. The van der Waals surface area contributed by atoms with Gasteiger partial charge in [-0.15, -0.1) is 0 Å². The minimum atomic E-state index is -0.242. The first-order chi connectivity index (χ1) is 9.42. The van der Waals surface area contributed by atoms with Crippen LogP contribution in [0.1, 0.15) is 59.3 Å². The number of hydrogen-bond acceptors (Lipinski definition) is 4. The second-order valence-corrected chi connectivity index (χ2v) is 7.24. The molecule has 1 saturated heterocycles. The topological polar surface area (TPSA) is 52.6 Å². The molecule has 0 aromatic carbocycles. The molecule has 4 heteroatoms. The van der Waals surface area contributed by atoms with Gasteiger partial charge in [0.25, 0.3) is 0 Å². The van der Waals surface area contributed by atoms with Crippen molar-refractivity contribution in [2.45, 2.75) is 65.1 Å². The highest BCUT2D eigenvalue weighted by atomic mass is 16.7. The Hall–Kier alpha value is -0.700. The molecule has 0 aromatic heterocycles. The quantitative estimate of drug-likeness (QED) is 0.685. The Morgan fingerprint density at radius 1 is 0.950 bits per heavy atom. The van der Waals surface area contributed by atoms with Gasteiger partial charge in [0.15, 0.2) is 5.79 Å². The van der Waals surface area contributed by atoms with Gasteiger partial charge in [-0.1, -0.05) is 27.2 Å². The summed E-state index contributed by atoms with van der Waals surface area (Å²) in [6.07, 6.45) is 7.95. The van der Waals surface area contributed by atoms with Gasteiger partial charge in [-0.05, 0) is 37.0 Å². The first-order valence-corrected chi connectivity index (χ1v) is 7.69. The highest BCUT2D eigenvalue weighted by molar-refractivity contribution is 5.20. The molecule has 3 rings (SSSR count). The molecule has 1 heterocycles.